The van der Waals surface area contributed by atoms with E-state index in [0.717, 1.165) is 22.9 Å². The van der Waals surface area contributed by atoms with Crippen molar-refractivity contribution >= 4 is 43.2 Å². The Bertz CT molecular complexity index is 946. The molecule has 2 aromatic rings. The van der Waals surface area contributed by atoms with Gasteiger partial charge in [0, 0.05) is 34.9 Å². The standard InChI is InChI=1S/C19H20BrClN2O3S/c20-15-5-6-18-14(11-15)12-26-13-23(18)16-7-9-22(10-8-16)27(24,25)19-4-2-1-3-17(19)21/h1-6,11,16H,7-10,12-13H2. The maximum atomic E-state index is 12.9. The van der Waals surface area contributed by atoms with Crippen molar-refractivity contribution in [3.63, 3.8) is 0 Å². The summed E-state index contributed by atoms with van der Waals surface area (Å²) in [7, 11) is -3.57. The molecule has 27 heavy (non-hydrogen) atoms. The summed E-state index contributed by atoms with van der Waals surface area (Å²) in [6.07, 6.45) is 1.51. The first-order valence-electron chi connectivity index (χ1n) is 8.84. The van der Waals surface area contributed by atoms with Gasteiger partial charge in [-0.3, -0.25) is 0 Å². The van der Waals surface area contributed by atoms with Crippen LogP contribution in [0.5, 0.6) is 0 Å². The summed E-state index contributed by atoms with van der Waals surface area (Å²) in [5, 5.41) is 0.267. The van der Waals surface area contributed by atoms with Gasteiger partial charge in [-0.15, -0.1) is 0 Å². The summed E-state index contributed by atoms with van der Waals surface area (Å²) in [4.78, 5) is 2.44. The van der Waals surface area contributed by atoms with E-state index in [0.29, 0.717) is 26.4 Å². The minimum absolute atomic E-state index is 0.182. The second-order valence-electron chi connectivity index (χ2n) is 6.79. The van der Waals surface area contributed by atoms with Crippen molar-refractivity contribution < 1.29 is 13.2 Å². The minimum Gasteiger partial charge on any atom is -0.356 e. The molecular formula is C19H20BrClN2O3S. The van der Waals surface area contributed by atoms with E-state index < -0.39 is 10.0 Å². The highest BCUT2D eigenvalue weighted by molar-refractivity contribution is 9.10. The number of halogens is 2. The first-order chi connectivity index (χ1) is 13.0. The van der Waals surface area contributed by atoms with Crippen molar-refractivity contribution in [1.82, 2.24) is 4.31 Å². The molecule has 5 nitrogen and oxygen atoms in total. The van der Waals surface area contributed by atoms with Crippen LogP contribution < -0.4 is 4.90 Å². The number of hydrogen-bond acceptors (Lipinski definition) is 4. The molecule has 2 heterocycles. The van der Waals surface area contributed by atoms with Gasteiger partial charge in [0.25, 0.3) is 0 Å². The van der Waals surface area contributed by atoms with Crippen LogP contribution in [0.2, 0.25) is 5.02 Å². The van der Waals surface area contributed by atoms with Crippen LogP contribution in [0.4, 0.5) is 5.69 Å². The largest absolute Gasteiger partial charge is 0.356 e. The first kappa shape index (κ1) is 19.2. The third-order valence-corrected chi connectivity index (χ3v) is 8.05. The van der Waals surface area contributed by atoms with Gasteiger partial charge in [0.05, 0.1) is 11.6 Å². The number of anilines is 1. The van der Waals surface area contributed by atoms with Gasteiger partial charge in [0.1, 0.15) is 11.6 Å². The van der Waals surface area contributed by atoms with Crippen LogP contribution in [-0.4, -0.2) is 38.6 Å². The molecular weight excluding hydrogens is 452 g/mol. The Labute approximate surface area is 173 Å². The molecule has 0 radical (unpaired) electrons. The van der Waals surface area contributed by atoms with Crippen LogP contribution in [0.25, 0.3) is 0 Å². The van der Waals surface area contributed by atoms with Crippen LogP contribution in [0.3, 0.4) is 0 Å². The molecule has 0 unspecified atom stereocenters. The molecule has 4 rings (SSSR count). The van der Waals surface area contributed by atoms with E-state index in [1.54, 1.807) is 24.3 Å². The lowest BCUT2D eigenvalue weighted by Crippen LogP contribution is -2.48. The zero-order valence-electron chi connectivity index (χ0n) is 14.6. The molecule has 2 aliphatic rings. The predicted molar refractivity (Wildman–Crippen MR) is 110 cm³/mol. The maximum absolute atomic E-state index is 12.9. The van der Waals surface area contributed by atoms with Gasteiger partial charge in [-0.25, -0.2) is 8.42 Å². The molecule has 0 spiro atoms. The Morgan fingerprint density at radius 3 is 2.59 bits per heavy atom. The SMILES string of the molecule is O=S(=O)(c1ccccc1Cl)N1CCC(N2COCc3cc(Br)ccc32)CC1. The number of ether oxygens (including phenoxy) is 1. The van der Waals surface area contributed by atoms with Crippen LogP contribution in [0.15, 0.2) is 51.8 Å². The van der Waals surface area contributed by atoms with Crippen molar-refractivity contribution in [2.75, 3.05) is 24.7 Å². The normalized spacial score (nSPS) is 19.1. The lowest BCUT2D eigenvalue weighted by molar-refractivity contribution is 0.0987. The second-order valence-corrected chi connectivity index (χ2v) is 10.0. The molecule has 144 valence electrons. The van der Waals surface area contributed by atoms with Gasteiger partial charge in [-0.05, 0) is 43.2 Å². The quantitative estimate of drug-likeness (QED) is 0.671. The predicted octanol–water partition coefficient (Wildman–Crippen LogP) is 4.25. The molecule has 2 aliphatic heterocycles. The third-order valence-electron chi connectivity index (χ3n) is 5.16. The molecule has 0 aromatic heterocycles. The molecule has 0 aliphatic carbocycles. The molecule has 1 saturated heterocycles. The van der Waals surface area contributed by atoms with Crippen LogP contribution >= 0.6 is 27.5 Å². The topological polar surface area (TPSA) is 49.9 Å². The van der Waals surface area contributed by atoms with E-state index in [-0.39, 0.29) is 16.0 Å². The number of fused-ring (bicyclic) bond motifs is 1. The molecule has 0 saturated carbocycles. The Balaban J connectivity index is 1.50. The van der Waals surface area contributed by atoms with Crippen LogP contribution in [0.1, 0.15) is 18.4 Å². The van der Waals surface area contributed by atoms with Gasteiger partial charge in [0.15, 0.2) is 0 Å². The average molecular weight is 472 g/mol. The minimum atomic E-state index is -3.57. The number of rotatable bonds is 3. The molecule has 1 fully saturated rings. The number of hydrogen-bond donors (Lipinski definition) is 0. The second kappa shape index (κ2) is 7.72. The molecule has 0 amide bonds. The van der Waals surface area contributed by atoms with Crippen molar-refractivity contribution in [1.29, 1.82) is 0 Å². The zero-order chi connectivity index (χ0) is 19.0. The third kappa shape index (κ3) is 3.76. The molecule has 0 atom stereocenters. The molecule has 2 aromatic carbocycles. The lowest BCUT2D eigenvalue weighted by atomic mass is 10.0. The number of sulfonamides is 1. The van der Waals surface area contributed by atoms with Gasteiger partial charge < -0.3 is 9.64 Å². The Hall–Kier alpha value is -1.12. The lowest BCUT2D eigenvalue weighted by Gasteiger charge is -2.41. The maximum Gasteiger partial charge on any atom is 0.244 e. The fourth-order valence-corrected chi connectivity index (χ4v) is 6.13. The fraction of sp³-hybridized carbons (Fsp3) is 0.368. The Morgan fingerprint density at radius 2 is 1.85 bits per heavy atom. The van der Waals surface area contributed by atoms with Gasteiger partial charge in [-0.2, -0.15) is 4.31 Å². The van der Waals surface area contributed by atoms with E-state index in [4.69, 9.17) is 16.3 Å². The van der Waals surface area contributed by atoms with E-state index in [1.807, 2.05) is 6.07 Å². The monoisotopic (exact) mass is 470 g/mol. The van der Waals surface area contributed by atoms with Gasteiger partial charge >= 0.3 is 0 Å². The summed E-state index contributed by atoms with van der Waals surface area (Å²) in [6, 6.07) is 13.1. The summed E-state index contributed by atoms with van der Waals surface area (Å²) >= 11 is 9.62. The Morgan fingerprint density at radius 1 is 1.11 bits per heavy atom. The van der Waals surface area contributed by atoms with Crippen LogP contribution in [0, 0.1) is 0 Å². The van der Waals surface area contributed by atoms with Crippen molar-refractivity contribution in [3.05, 3.63) is 57.5 Å². The van der Waals surface area contributed by atoms with Crippen molar-refractivity contribution in [2.45, 2.75) is 30.4 Å². The van der Waals surface area contributed by atoms with E-state index in [1.165, 1.54) is 9.99 Å². The Kier molecular flexibility index (Phi) is 5.49. The zero-order valence-corrected chi connectivity index (χ0v) is 17.8. The summed E-state index contributed by atoms with van der Waals surface area (Å²) in [6.45, 7) is 2.09. The number of nitrogens with zero attached hydrogens (tertiary/aromatic N) is 2. The van der Waals surface area contributed by atoms with Crippen LogP contribution in [-0.2, 0) is 21.4 Å². The highest BCUT2D eigenvalue weighted by atomic mass is 79.9. The van der Waals surface area contributed by atoms with E-state index in [9.17, 15) is 8.42 Å². The van der Waals surface area contributed by atoms with Crippen molar-refractivity contribution in [3.8, 4) is 0 Å². The molecule has 8 heteroatoms. The average Bonchev–Trinajstić information content (AvgIpc) is 2.67. The molecule has 0 N–H and O–H groups in total. The van der Waals surface area contributed by atoms with E-state index in [2.05, 4.69) is 33.0 Å². The number of piperidine rings is 1. The fourth-order valence-electron chi connectivity index (χ4n) is 3.76. The highest BCUT2D eigenvalue weighted by Gasteiger charge is 2.34. The summed E-state index contributed by atoms with van der Waals surface area (Å²) in [5.41, 5.74) is 2.33. The molecule has 0 bridgehead atoms. The number of benzene rings is 2. The van der Waals surface area contributed by atoms with Gasteiger partial charge in [0.2, 0.25) is 10.0 Å². The van der Waals surface area contributed by atoms with E-state index >= 15 is 0 Å². The van der Waals surface area contributed by atoms with Crippen molar-refractivity contribution in [2.24, 2.45) is 0 Å². The smallest absolute Gasteiger partial charge is 0.244 e. The summed E-state index contributed by atoms with van der Waals surface area (Å²) < 4.78 is 34.2. The van der Waals surface area contributed by atoms with Gasteiger partial charge in [-0.1, -0.05) is 39.7 Å². The first-order valence-corrected chi connectivity index (χ1v) is 11.5. The highest BCUT2D eigenvalue weighted by Crippen LogP contribution is 2.34. The summed E-state index contributed by atoms with van der Waals surface area (Å²) in [5.74, 6) is 0.